The van der Waals surface area contributed by atoms with Crippen LogP contribution in [0.3, 0.4) is 0 Å². The van der Waals surface area contributed by atoms with Crippen molar-refractivity contribution in [3.63, 3.8) is 0 Å². The molecule has 0 unspecified atom stereocenters. The van der Waals surface area contributed by atoms with Crippen molar-refractivity contribution in [2.45, 2.75) is 52.5 Å². The second kappa shape index (κ2) is 10.0. The molecule has 7 nitrogen and oxygen atoms in total. The van der Waals surface area contributed by atoms with Gasteiger partial charge in [0.15, 0.2) is 5.82 Å². The van der Waals surface area contributed by atoms with Gasteiger partial charge < -0.3 is 0 Å². The van der Waals surface area contributed by atoms with Crippen molar-refractivity contribution in [3.8, 4) is 28.2 Å². The zero-order valence-electron chi connectivity index (χ0n) is 21.8. The Kier molecular flexibility index (Phi) is 6.61. The molecule has 5 rings (SSSR count). The van der Waals surface area contributed by atoms with Gasteiger partial charge >= 0.3 is 5.69 Å². The van der Waals surface area contributed by atoms with Crippen LogP contribution in [0.15, 0.2) is 83.8 Å². The van der Waals surface area contributed by atoms with Gasteiger partial charge in [-0.2, -0.15) is 0 Å². The molecular weight excluding hydrogens is 460 g/mol. The van der Waals surface area contributed by atoms with Crippen LogP contribution in [0.5, 0.6) is 0 Å². The Morgan fingerprint density at radius 1 is 0.892 bits per heavy atom. The summed E-state index contributed by atoms with van der Waals surface area (Å²) in [6, 6.07) is 24.6. The minimum Gasteiger partial charge on any atom is -0.292 e. The number of nitrogens with one attached hydrogen (secondary N) is 1. The Morgan fingerprint density at radius 3 is 2.27 bits per heavy atom. The van der Waals surface area contributed by atoms with Crippen LogP contribution in [0.1, 0.15) is 50.9 Å². The lowest BCUT2D eigenvalue weighted by Crippen LogP contribution is -2.26. The molecule has 0 saturated carbocycles. The molecule has 0 radical (unpaired) electrons. The third-order valence-corrected chi connectivity index (χ3v) is 6.67. The molecule has 0 fully saturated rings. The zero-order valence-corrected chi connectivity index (χ0v) is 21.8. The molecule has 0 spiro atoms. The van der Waals surface area contributed by atoms with Gasteiger partial charge in [-0.3, -0.25) is 9.13 Å². The Balaban J connectivity index is 1.50. The number of imidazole rings is 1. The summed E-state index contributed by atoms with van der Waals surface area (Å²) in [6.07, 6.45) is 3.83. The molecule has 37 heavy (non-hydrogen) atoms. The fraction of sp³-hybridized carbons (Fsp3) is 0.267. The quantitative estimate of drug-likeness (QED) is 0.312. The highest BCUT2D eigenvalue weighted by atomic mass is 16.1. The van der Waals surface area contributed by atoms with Gasteiger partial charge in [-0.1, -0.05) is 101 Å². The second-order valence-corrected chi connectivity index (χ2v) is 10.4. The second-order valence-electron chi connectivity index (χ2n) is 10.4. The summed E-state index contributed by atoms with van der Waals surface area (Å²) in [5, 5.41) is 14.3. The van der Waals surface area contributed by atoms with E-state index in [0.717, 1.165) is 52.0 Å². The molecule has 0 aliphatic heterocycles. The third-order valence-electron chi connectivity index (χ3n) is 6.67. The number of hydrogen-bond donors (Lipinski definition) is 1. The Labute approximate surface area is 216 Å². The predicted octanol–water partition coefficient (Wildman–Crippen LogP) is 5.78. The maximum Gasteiger partial charge on any atom is 0.333 e. The van der Waals surface area contributed by atoms with Crippen molar-refractivity contribution < 1.29 is 0 Å². The van der Waals surface area contributed by atoms with E-state index in [1.807, 2.05) is 51.7 Å². The largest absolute Gasteiger partial charge is 0.333 e. The van der Waals surface area contributed by atoms with E-state index in [0.29, 0.717) is 12.4 Å². The average Bonchev–Trinajstić information content (AvgIpc) is 3.54. The van der Waals surface area contributed by atoms with Crippen molar-refractivity contribution in [2.75, 3.05) is 0 Å². The number of aromatic amines is 1. The minimum atomic E-state index is -0.0725. The molecule has 0 saturated heterocycles. The van der Waals surface area contributed by atoms with Gasteiger partial charge in [-0.05, 0) is 50.6 Å². The Bertz CT molecular complexity index is 1550. The molecule has 5 aromatic rings. The SMILES string of the molecule is CCCc1cn(-c2ccccc2C(C)(C)C)c(=O)n1Cc1ccc(-c2ccccc2-c2nnn[nH]2)cc1. The molecule has 0 atom stereocenters. The van der Waals surface area contributed by atoms with E-state index in [1.54, 1.807) is 0 Å². The van der Waals surface area contributed by atoms with E-state index in [4.69, 9.17) is 0 Å². The molecule has 0 bridgehead atoms. The lowest BCUT2D eigenvalue weighted by molar-refractivity contribution is 0.584. The van der Waals surface area contributed by atoms with Gasteiger partial charge in [0.25, 0.3) is 0 Å². The molecular formula is C30H32N6O. The highest BCUT2D eigenvalue weighted by Crippen LogP contribution is 2.30. The van der Waals surface area contributed by atoms with Crippen LogP contribution in [0.25, 0.3) is 28.2 Å². The lowest BCUT2D eigenvalue weighted by Gasteiger charge is -2.22. The van der Waals surface area contributed by atoms with Gasteiger partial charge in [0.05, 0.1) is 12.2 Å². The molecule has 0 aliphatic carbocycles. The fourth-order valence-corrected chi connectivity index (χ4v) is 4.83. The maximum atomic E-state index is 13.7. The summed E-state index contributed by atoms with van der Waals surface area (Å²) in [6.45, 7) is 9.21. The standard InChI is InChI=1S/C30H32N6O/c1-5-10-23-20-36(27-14-9-8-13-26(27)30(2,3)4)29(37)35(23)19-21-15-17-22(18-16-21)24-11-6-7-12-25(24)28-31-33-34-32-28/h6-9,11-18,20H,5,10,19H2,1-4H3,(H,31,32,33,34). The first-order valence-corrected chi connectivity index (χ1v) is 12.7. The molecule has 0 amide bonds. The number of rotatable bonds is 7. The first-order chi connectivity index (χ1) is 17.9. The summed E-state index contributed by atoms with van der Waals surface area (Å²) in [4.78, 5) is 13.7. The Morgan fingerprint density at radius 2 is 1.59 bits per heavy atom. The first kappa shape index (κ1) is 24.4. The van der Waals surface area contributed by atoms with Crippen LogP contribution in [0.4, 0.5) is 0 Å². The normalized spacial score (nSPS) is 11.7. The van der Waals surface area contributed by atoms with Crippen LogP contribution in [-0.4, -0.2) is 29.8 Å². The van der Waals surface area contributed by atoms with Crippen LogP contribution >= 0.6 is 0 Å². The van der Waals surface area contributed by atoms with Crippen LogP contribution in [0, 0.1) is 0 Å². The van der Waals surface area contributed by atoms with E-state index in [2.05, 4.69) is 84.7 Å². The number of hydrogen-bond acceptors (Lipinski definition) is 4. The highest BCUT2D eigenvalue weighted by molar-refractivity contribution is 5.80. The molecule has 7 heteroatoms. The van der Waals surface area contributed by atoms with Crippen molar-refractivity contribution in [3.05, 3.63) is 106 Å². The average molecular weight is 493 g/mol. The molecule has 1 N–H and O–H groups in total. The molecule has 188 valence electrons. The third kappa shape index (κ3) is 4.89. The van der Waals surface area contributed by atoms with E-state index < -0.39 is 0 Å². The number of nitrogens with zero attached hydrogens (tertiary/aromatic N) is 5. The predicted molar refractivity (Wildman–Crippen MR) is 147 cm³/mol. The van der Waals surface area contributed by atoms with Gasteiger partial charge in [0, 0.05) is 17.5 Å². The zero-order chi connectivity index (χ0) is 26.0. The molecule has 0 aliphatic rings. The van der Waals surface area contributed by atoms with Gasteiger partial charge in [-0.15, -0.1) is 5.10 Å². The monoisotopic (exact) mass is 492 g/mol. The van der Waals surface area contributed by atoms with Crippen LogP contribution in [-0.2, 0) is 18.4 Å². The molecule has 2 heterocycles. The lowest BCUT2D eigenvalue weighted by atomic mass is 9.86. The maximum absolute atomic E-state index is 13.7. The fourth-order valence-electron chi connectivity index (χ4n) is 4.83. The van der Waals surface area contributed by atoms with Crippen molar-refractivity contribution in [1.29, 1.82) is 0 Å². The number of benzene rings is 3. The first-order valence-electron chi connectivity index (χ1n) is 12.7. The van der Waals surface area contributed by atoms with Crippen LogP contribution in [0.2, 0.25) is 0 Å². The number of tetrazole rings is 1. The number of aromatic nitrogens is 6. The van der Waals surface area contributed by atoms with Gasteiger partial charge in [0.1, 0.15) is 0 Å². The van der Waals surface area contributed by atoms with Gasteiger partial charge in [0.2, 0.25) is 0 Å². The van der Waals surface area contributed by atoms with Crippen molar-refractivity contribution >= 4 is 0 Å². The minimum absolute atomic E-state index is 0.00704. The topological polar surface area (TPSA) is 81.4 Å². The Hall–Kier alpha value is -4.26. The smallest absolute Gasteiger partial charge is 0.292 e. The van der Waals surface area contributed by atoms with Crippen molar-refractivity contribution in [2.24, 2.45) is 0 Å². The van der Waals surface area contributed by atoms with E-state index in [-0.39, 0.29) is 11.1 Å². The number of aryl methyl sites for hydroxylation is 1. The van der Waals surface area contributed by atoms with E-state index >= 15 is 0 Å². The van der Waals surface area contributed by atoms with Gasteiger partial charge in [-0.25, -0.2) is 9.89 Å². The number of para-hydroxylation sites is 1. The van der Waals surface area contributed by atoms with Crippen molar-refractivity contribution in [1.82, 2.24) is 29.8 Å². The number of H-pyrrole nitrogens is 1. The molecule has 3 aromatic carbocycles. The summed E-state index contributed by atoms with van der Waals surface area (Å²) >= 11 is 0. The summed E-state index contributed by atoms with van der Waals surface area (Å²) in [5.74, 6) is 0.632. The molecule has 2 aromatic heterocycles. The van der Waals surface area contributed by atoms with Crippen LogP contribution < -0.4 is 5.69 Å². The summed E-state index contributed by atoms with van der Waals surface area (Å²) in [5.41, 5.74) is 7.19. The summed E-state index contributed by atoms with van der Waals surface area (Å²) < 4.78 is 3.73. The highest BCUT2D eigenvalue weighted by Gasteiger charge is 2.21. The van der Waals surface area contributed by atoms with E-state index in [1.165, 1.54) is 0 Å². The summed E-state index contributed by atoms with van der Waals surface area (Å²) in [7, 11) is 0. The van der Waals surface area contributed by atoms with E-state index in [9.17, 15) is 4.79 Å².